The molecule has 0 saturated heterocycles. The molecular weight excluding hydrogens is 268 g/mol. The molecule has 0 radical (unpaired) electrons. The van der Waals surface area contributed by atoms with Crippen molar-refractivity contribution in [3.05, 3.63) is 23.3 Å². The highest BCUT2D eigenvalue weighted by Crippen LogP contribution is 2.41. The summed E-state index contributed by atoms with van der Waals surface area (Å²) in [5, 5.41) is 10.2. The van der Waals surface area contributed by atoms with Gasteiger partial charge in [0.2, 0.25) is 5.60 Å². The third-order valence-corrected chi connectivity index (χ3v) is 3.90. The van der Waals surface area contributed by atoms with Crippen molar-refractivity contribution in [1.29, 1.82) is 0 Å². The average Bonchev–Trinajstić information content (AvgIpc) is 2.37. The number of hydrogen-bond donors (Lipinski definition) is 1. The fourth-order valence-electron chi connectivity index (χ4n) is 2.60. The third-order valence-electron chi connectivity index (χ3n) is 3.90. The fraction of sp³-hybridized carbons (Fsp3) is 0.588. The molecule has 0 saturated carbocycles. The highest BCUT2D eigenvalue weighted by Gasteiger charge is 2.41. The lowest BCUT2D eigenvalue weighted by Crippen LogP contribution is -2.45. The molecule has 0 spiro atoms. The molecule has 0 aliphatic carbocycles. The van der Waals surface area contributed by atoms with Crippen molar-refractivity contribution >= 4 is 5.97 Å². The lowest BCUT2D eigenvalue weighted by atomic mass is 9.83. The molecule has 0 aromatic heterocycles. The number of fused-ring (bicyclic) bond motifs is 1. The zero-order valence-corrected chi connectivity index (χ0v) is 13.4. The summed E-state index contributed by atoms with van der Waals surface area (Å²) in [5.74, 6) is 0.616. The Hall–Kier alpha value is -1.71. The lowest BCUT2D eigenvalue weighted by Gasteiger charge is -2.34. The SMILES string of the molecule is CCOC(=O)C1(C)CCc2cc(O)c(C(C)(C)C)cc2O1. The van der Waals surface area contributed by atoms with Crippen molar-refractivity contribution < 1.29 is 19.4 Å². The van der Waals surface area contributed by atoms with Crippen LogP contribution in [0.1, 0.15) is 52.2 Å². The summed E-state index contributed by atoms with van der Waals surface area (Å²) < 4.78 is 11.0. The third kappa shape index (κ3) is 2.99. The molecular formula is C17H24O4. The minimum absolute atomic E-state index is 0.194. The van der Waals surface area contributed by atoms with Gasteiger partial charge in [-0.1, -0.05) is 20.8 Å². The van der Waals surface area contributed by atoms with E-state index in [4.69, 9.17) is 9.47 Å². The molecule has 2 rings (SSSR count). The van der Waals surface area contributed by atoms with Crippen LogP contribution in [-0.2, 0) is 21.4 Å². The van der Waals surface area contributed by atoms with Gasteiger partial charge >= 0.3 is 5.97 Å². The van der Waals surface area contributed by atoms with Crippen LogP contribution >= 0.6 is 0 Å². The van der Waals surface area contributed by atoms with Crippen molar-refractivity contribution in [3.8, 4) is 11.5 Å². The van der Waals surface area contributed by atoms with Gasteiger partial charge < -0.3 is 14.6 Å². The summed E-state index contributed by atoms with van der Waals surface area (Å²) in [6, 6.07) is 3.60. The normalized spacial score (nSPS) is 21.4. The van der Waals surface area contributed by atoms with Crippen LogP contribution in [0, 0.1) is 0 Å². The second-order valence-corrected chi connectivity index (χ2v) is 6.78. The number of phenols is 1. The number of esters is 1. The second-order valence-electron chi connectivity index (χ2n) is 6.78. The van der Waals surface area contributed by atoms with Crippen LogP contribution in [0.2, 0.25) is 0 Å². The summed E-state index contributed by atoms with van der Waals surface area (Å²) in [5.41, 5.74) is 0.603. The average molecular weight is 292 g/mol. The van der Waals surface area contributed by atoms with Gasteiger partial charge in [-0.15, -0.1) is 0 Å². The molecule has 1 aliphatic rings. The predicted octanol–water partition coefficient (Wildman–Crippen LogP) is 3.34. The van der Waals surface area contributed by atoms with Gasteiger partial charge in [0, 0.05) is 12.0 Å². The van der Waals surface area contributed by atoms with Gasteiger partial charge in [0.25, 0.3) is 0 Å². The highest BCUT2D eigenvalue weighted by molar-refractivity contribution is 5.80. The van der Waals surface area contributed by atoms with E-state index in [9.17, 15) is 9.90 Å². The van der Waals surface area contributed by atoms with Crippen molar-refractivity contribution in [2.45, 2.75) is 58.5 Å². The molecule has 1 heterocycles. The molecule has 1 aliphatic heterocycles. The Morgan fingerprint density at radius 2 is 2.10 bits per heavy atom. The van der Waals surface area contributed by atoms with E-state index in [1.807, 2.05) is 26.8 Å². The quantitative estimate of drug-likeness (QED) is 0.849. The van der Waals surface area contributed by atoms with Crippen molar-refractivity contribution in [2.75, 3.05) is 6.61 Å². The Balaban J connectivity index is 2.38. The van der Waals surface area contributed by atoms with Crippen LogP contribution in [0.3, 0.4) is 0 Å². The highest BCUT2D eigenvalue weighted by atomic mass is 16.6. The van der Waals surface area contributed by atoms with Crippen LogP contribution < -0.4 is 4.74 Å². The molecule has 0 amide bonds. The summed E-state index contributed by atoms with van der Waals surface area (Å²) in [4.78, 5) is 12.1. The van der Waals surface area contributed by atoms with E-state index in [-0.39, 0.29) is 17.1 Å². The first-order valence-corrected chi connectivity index (χ1v) is 7.40. The molecule has 21 heavy (non-hydrogen) atoms. The van der Waals surface area contributed by atoms with Crippen LogP contribution in [0.4, 0.5) is 0 Å². The minimum Gasteiger partial charge on any atom is -0.508 e. The largest absolute Gasteiger partial charge is 0.508 e. The van der Waals surface area contributed by atoms with Gasteiger partial charge in [0.15, 0.2) is 0 Å². The maximum Gasteiger partial charge on any atom is 0.350 e. The van der Waals surface area contributed by atoms with Crippen molar-refractivity contribution in [2.24, 2.45) is 0 Å². The molecule has 1 aromatic carbocycles. The zero-order valence-electron chi connectivity index (χ0n) is 13.4. The maximum atomic E-state index is 12.1. The van der Waals surface area contributed by atoms with E-state index >= 15 is 0 Å². The number of carbonyl (C=O) groups excluding carboxylic acids is 1. The standard InChI is InChI=1S/C17H24O4/c1-6-20-15(19)17(5)8-7-11-9-13(18)12(16(2,3)4)10-14(11)21-17/h9-10,18H,6-8H2,1-5H3. The number of aryl methyl sites for hydroxylation is 1. The van der Waals surface area contributed by atoms with Gasteiger partial charge in [-0.2, -0.15) is 0 Å². The Morgan fingerprint density at radius 3 is 2.67 bits per heavy atom. The van der Waals surface area contributed by atoms with E-state index in [0.717, 1.165) is 11.1 Å². The van der Waals surface area contributed by atoms with E-state index in [1.54, 1.807) is 19.9 Å². The van der Waals surface area contributed by atoms with E-state index in [1.165, 1.54) is 0 Å². The number of benzene rings is 1. The molecule has 1 N–H and O–H groups in total. The Bertz CT molecular complexity index is 557. The van der Waals surface area contributed by atoms with Gasteiger partial charge in [-0.25, -0.2) is 4.79 Å². The molecule has 1 unspecified atom stereocenters. The first-order valence-electron chi connectivity index (χ1n) is 7.40. The van der Waals surface area contributed by atoms with Gasteiger partial charge in [-0.05, 0) is 43.4 Å². The Labute approximate surface area is 126 Å². The zero-order chi connectivity index (χ0) is 15.8. The first kappa shape index (κ1) is 15.7. The fourth-order valence-corrected chi connectivity index (χ4v) is 2.60. The number of rotatable bonds is 2. The molecule has 4 nitrogen and oxygen atoms in total. The maximum absolute atomic E-state index is 12.1. The van der Waals surface area contributed by atoms with E-state index in [2.05, 4.69) is 0 Å². The number of aromatic hydroxyl groups is 1. The minimum atomic E-state index is -0.949. The van der Waals surface area contributed by atoms with Gasteiger partial charge in [0.1, 0.15) is 11.5 Å². The number of hydrogen-bond acceptors (Lipinski definition) is 4. The smallest absolute Gasteiger partial charge is 0.350 e. The first-order chi connectivity index (χ1) is 9.67. The van der Waals surface area contributed by atoms with Gasteiger partial charge in [0.05, 0.1) is 6.61 Å². The van der Waals surface area contributed by atoms with Gasteiger partial charge in [-0.3, -0.25) is 0 Å². The second kappa shape index (κ2) is 5.24. The molecule has 1 aromatic rings. The molecule has 0 fully saturated rings. The number of ether oxygens (including phenoxy) is 2. The summed E-state index contributed by atoms with van der Waals surface area (Å²) in [6.45, 7) is 9.98. The lowest BCUT2D eigenvalue weighted by molar-refractivity contribution is -0.161. The van der Waals surface area contributed by atoms with Crippen LogP contribution in [0.15, 0.2) is 12.1 Å². The number of carbonyl (C=O) groups is 1. The Morgan fingerprint density at radius 1 is 1.43 bits per heavy atom. The Kier molecular flexibility index (Phi) is 3.91. The monoisotopic (exact) mass is 292 g/mol. The molecule has 1 atom stereocenters. The van der Waals surface area contributed by atoms with Crippen LogP contribution in [0.25, 0.3) is 0 Å². The molecule has 116 valence electrons. The van der Waals surface area contributed by atoms with E-state index in [0.29, 0.717) is 25.2 Å². The van der Waals surface area contributed by atoms with E-state index < -0.39 is 5.60 Å². The van der Waals surface area contributed by atoms with Crippen LogP contribution in [-0.4, -0.2) is 23.3 Å². The van der Waals surface area contributed by atoms with Crippen molar-refractivity contribution in [3.63, 3.8) is 0 Å². The van der Waals surface area contributed by atoms with Crippen molar-refractivity contribution in [1.82, 2.24) is 0 Å². The molecule has 4 heteroatoms. The van der Waals surface area contributed by atoms with Crippen LogP contribution in [0.5, 0.6) is 11.5 Å². The summed E-state index contributed by atoms with van der Waals surface area (Å²) >= 11 is 0. The molecule has 0 bridgehead atoms. The number of phenolic OH excluding ortho intramolecular Hbond substituents is 1. The topological polar surface area (TPSA) is 55.8 Å². The summed E-state index contributed by atoms with van der Waals surface area (Å²) in [7, 11) is 0. The predicted molar refractivity (Wildman–Crippen MR) is 80.8 cm³/mol. The summed E-state index contributed by atoms with van der Waals surface area (Å²) in [6.07, 6.45) is 1.23.